The lowest BCUT2D eigenvalue weighted by Crippen LogP contribution is -2.25. The van der Waals surface area contributed by atoms with Gasteiger partial charge in [0, 0.05) is 37.0 Å². The van der Waals surface area contributed by atoms with E-state index in [0.29, 0.717) is 0 Å². The maximum Gasteiger partial charge on any atom is 0.0705 e. The third-order valence-corrected chi connectivity index (χ3v) is 4.72. The van der Waals surface area contributed by atoms with E-state index in [0.717, 1.165) is 59.2 Å². The van der Waals surface area contributed by atoms with Gasteiger partial charge in [0.15, 0.2) is 0 Å². The molecule has 0 radical (unpaired) electrons. The second kappa shape index (κ2) is 8.25. The van der Waals surface area contributed by atoms with E-state index < -0.39 is 0 Å². The molecule has 2 heterocycles. The Morgan fingerprint density at radius 3 is 1.70 bits per heavy atom. The molecule has 0 unspecified atom stereocenters. The van der Waals surface area contributed by atoms with E-state index in [9.17, 15) is 5.11 Å². The van der Waals surface area contributed by atoms with Gasteiger partial charge in [0.05, 0.1) is 22.4 Å². The van der Waals surface area contributed by atoms with Gasteiger partial charge in [0.25, 0.3) is 0 Å². The molecule has 4 rings (SSSR count). The molecule has 0 saturated carbocycles. The minimum Gasteiger partial charge on any atom is -0.396 e. The van der Waals surface area contributed by atoms with Gasteiger partial charge in [0.2, 0.25) is 0 Å². The van der Waals surface area contributed by atoms with Crippen molar-refractivity contribution in [1.29, 1.82) is 0 Å². The lowest BCUT2D eigenvalue weighted by molar-refractivity contribution is 0.209. The number of fused-ring (bicyclic) bond motifs is 2. The van der Waals surface area contributed by atoms with Crippen LogP contribution in [0.3, 0.4) is 0 Å². The number of nitrogens with zero attached hydrogens (tertiary/aromatic N) is 3. The molecule has 0 aliphatic carbocycles. The van der Waals surface area contributed by atoms with Crippen molar-refractivity contribution in [3.05, 3.63) is 84.2 Å². The molecule has 2 aromatic carbocycles. The fourth-order valence-corrected chi connectivity index (χ4v) is 3.36. The van der Waals surface area contributed by atoms with Gasteiger partial charge in [-0.1, -0.05) is 48.5 Å². The summed E-state index contributed by atoms with van der Waals surface area (Å²) in [5.41, 5.74) is 4.10. The van der Waals surface area contributed by atoms with Crippen molar-refractivity contribution in [1.82, 2.24) is 14.9 Å². The third kappa shape index (κ3) is 4.30. The van der Waals surface area contributed by atoms with Crippen molar-refractivity contribution in [2.75, 3.05) is 13.2 Å². The van der Waals surface area contributed by atoms with Crippen LogP contribution in [-0.4, -0.2) is 33.1 Å². The highest BCUT2D eigenvalue weighted by Gasteiger charge is 2.10. The Bertz CT molecular complexity index is 966. The fourth-order valence-electron chi connectivity index (χ4n) is 3.36. The lowest BCUT2D eigenvalue weighted by Gasteiger charge is -2.21. The summed E-state index contributed by atoms with van der Waals surface area (Å²) in [6.07, 6.45) is 0.737. The Labute approximate surface area is 159 Å². The zero-order valence-electron chi connectivity index (χ0n) is 15.3. The van der Waals surface area contributed by atoms with Gasteiger partial charge in [-0.15, -0.1) is 0 Å². The predicted molar refractivity (Wildman–Crippen MR) is 109 cm³/mol. The van der Waals surface area contributed by atoms with Crippen LogP contribution in [0.25, 0.3) is 21.8 Å². The van der Waals surface area contributed by atoms with Gasteiger partial charge in [-0.2, -0.15) is 0 Å². The smallest absolute Gasteiger partial charge is 0.0705 e. The molecule has 4 aromatic rings. The first-order chi connectivity index (χ1) is 13.3. The maximum atomic E-state index is 9.27. The standard InChI is InChI=1S/C23H23N3O/c27-15-5-14-26(16-20-12-10-18-6-1-3-8-22(18)24-20)17-21-13-11-19-7-2-4-9-23(19)25-21/h1-4,6-13,27H,5,14-17H2. The molecule has 4 nitrogen and oxygen atoms in total. The summed E-state index contributed by atoms with van der Waals surface area (Å²) < 4.78 is 0. The normalized spacial score (nSPS) is 11.5. The average molecular weight is 357 g/mol. The molecule has 0 bridgehead atoms. The van der Waals surface area contributed by atoms with Crippen LogP contribution in [0.2, 0.25) is 0 Å². The van der Waals surface area contributed by atoms with Crippen molar-refractivity contribution in [3.8, 4) is 0 Å². The van der Waals surface area contributed by atoms with E-state index >= 15 is 0 Å². The van der Waals surface area contributed by atoms with E-state index in [1.54, 1.807) is 0 Å². The molecule has 0 atom stereocenters. The minimum absolute atomic E-state index is 0.187. The van der Waals surface area contributed by atoms with Crippen molar-refractivity contribution in [3.63, 3.8) is 0 Å². The molecule has 0 spiro atoms. The molecular formula is C23H23N3O. The minimum atomic E-state index is 0.187. The summed E-state index contributed by atoms with van der Waals surface area (Å²) in [5, 5.41) is 11.6. The molecular weight excluding hydrogens is 334 g/mol. The van der Waals surface area contributed by atoms with Crippen molar-refractivity contribution in [2.45, 2.75) is 19.5 Å². The molecule has 0 saturated heterocycles. The molecule has 136 valence electrons. The van der Waals surface area contributed by atoms with Crippen molar-refractivity contribution >= 4 is 21.8 Å². The zero-order valence-corrected chi connectivity index (χ0v) is 15.3. The maximum absolute atomic E-state index is 9.27. The number of rotatable bonds is 7. The Balaban J connectivity index is 1.55. The van der Waals surface area contributed by atoms with Gasteiger partial charge < -0.3 is 5.11 Å². The third-order valence-electron chi connectivity index (χ3n) is 4.72. The van der Waals surface area contributed by atoms with Crippen LogP contribution < -0.4 is 0 Å². The molecule has 27 heavy (non-hydrogen) atoms. The summed E-state index contributed by atoms with van der Waals surface area (Å²) in [4.78, 5) is 11.9. The van der Waals surface area contributed by atoms with Crippen LogP contribution in [0.4, 0.5) is 0 Å². The Hall–Kier alpha value is -2.82. The van der Waals surface area contributed by atoms with E-state index in [-0.39, 0.29) is 6.61 Å². The van der Waals surface area contributed by atoms with Crippen LogP contribution in [0.1, 0.15) is 17.8 Å². The van der Waals surface area contributed by atoms with Gasteiger partial charge in [-0.25, -0.2) is 0 Å². The number of para-hydroxylation sites is 2. The molecule has 0 aliphatic heterocycles. The first kappa shape index (κ1) is 17.6. The van der Waals surface area contributed by atoms with E-state index in [2.05, 4.69) is 41.3 Å². The summed E-state index contributed by atoms with van der Waals surface area (Å²) in [6.45, 7) is 2.46. The largest absolute Gasteiger partial charge is 0.396 e. The monoisotopic (exact) mass is 357 g/mol. The first-order valence-corrected chi connectivity index (χ1v) is 9.34. The van der Waals surface area contributed by atoms with Crippen LogP contribution >= 0.6 is 0 Å². The van der Waals surface area contributed by atoms with Crippen LogP contribution in [0, 0.1) is 0 Å². The predicted octanol–water partition coefficient (Wildman–Crippen LogP) is 4.17. The van der Waals surface area contributed by atoms with Crippen LogP contribution in [0.15, 0.2) is 72.8 Å². The first-order valence-electron chi connectivity index (χ1n) is 9.34. The number of hydrogen-bond acceptors (Lipinski definition) is 4. The second-order valence-corrected chi connectivity index (χ2v) is 6.78. The Morgan fingerprint density at radius 1 is 0.667 bits per heavy atom. The molecule has 0 amide bonds. The number of benzene rings is 2. The number of pyridine rings is 2. The summed E-state index contributed by atoms with van der Waals surface area (Å²) in [7, 11) is 0. The van der Waals surface area contributed by atoms with E-state index in [1.807, 2.05) is 36.4 Å². The lowest BCUT2D eigenvalue weighted by atomic mass is 10.2. The van der Waals surface area contributed by atoms with Crippen LogP contribution in [-0.2, 0) is 13.1 Å². The number of hydrogen-bond donors (Lipinski definition) is 1. The van der Waals surface area contributed by atoms with E-state index in [1.165, 1.54) is 0 Å². The molecule has 1 N–H and O–H groups in total. The SMILES string of the molecule is OCCCN(Cc1ccc2ccccc2n1)Cc1ccc2ccccc2n1. The fraction of sp³-hybridized carbons (Fsp3) is 0.217. The summed E-state index contributed by atoms with van der Waals surface area (Å²) in [5.74, 6) is 0. The highest BCUT2D eigenvalue weighted by Crippen LogP contribution is 2.16. The Morgan fingerprint density at radius 2 is 1.19 bits per heavy atom. The number of aliphatic hydroxyl groups is 1. The summed E-state index contributed by atoms with van der Waals surface area (Å²) in [6, 6.07) is 24.7. The van der Waals surface area contributed by atoms with Gasteiger partial charge >= 0.3 is 0 Å². The Kier molecular flexibility index (Phi) is 5.37. The molecule has 0 aliphatic rings. The molecule has 4 heteroatoms. The zero-order chi connectivity index (χ0) is 18.5. The van der Waals surface area contributed by atoms with Crippen LogP contribution in [0.5, 0.6) is 0 Å². The second-order valence-electron chi connectivity index (χ2n) is 6.78. The average Bonchev–Trinajstić information content (AvgIpc) is 2.72. The van der Waals surface area contributed by atoms with Crippen molar-refractivity contribution < 1.29 is 5.11 Å². The van der Waals surface area contributed by atoms with E-state index in [4.69, 9.17) is 9.97 Å². The van der Waals surface area contributed by atoms with Crippen molar-refractivity contribution in [2.24, 2.45) is 0 Å². The summed E-state index contributed by atoms with van der Waals surface area (Å²) >= 11 is 0. The topological polar surface area (TPSA) is 49.2 Å². The quantitative estimate of drug-likeness (QED) is 0.539. The highest BCUT2D eigenvalue weighted by molar-refractivity contribution is 5.79. The molecule has 0 fully saturated rings. The van der Waals surface area contributed by atoms with Gasteiger partial charge in [-0.05, 0) is 30.7 Å². The molecule has 2 aromatic heterocycles. The highest BCUT2D eigenvalue weighted by atomic mass is 16.3. The number of aliphatic hydroxyl groups excluding tert-OH is 1. The number of aromatic nitrogens is 2. The van der Waals surface area contributed by atoms with Gasteiger partial charge in [-0.3, -0.25) is 14.9 Å². The van der Waals surface area contributed by atoms with Gasteiger partial charge in [0.1, 0.15) is 0 Å².